The van der Waals surface area contributed by atoms with E-state index in [-0.39, 0.29) is 11.2 Å². The standard InChI is InChI=1S/C15H26O/c1-11-6-5-8-15-9-7-12(10-14(11,15)4)13(2,3)16-15/h11-12H,5-10H2,1-4H3. The lowest BCUT2D eigenvalue weighted by atomic mass is 9.47. The summed E-state index contributed by atoms with van der Waals surface area (Å²) in [7, 11) is 0. The summed E-state index contributed by atoms with van der Waals surface area (Å²) in [6, 6.07) is 0. The number of rotatable bonds is 0. The van der Waals surface area contributed by atoms with Crippen LogP contribution in [0.3, 0.4) is 0 Å². The smallest absolute Gasteiger partial charge is 0.0746 e. The lowest BCUT2D eigenvalue weighted by Crippen LogP contribution is -2.67. The van der Waals surface area contributed by atoms with E-state index in [4.69, 9.17) is 4.74 Å². The van der Waals surface area contributed by atoms with E-state index >= 15 is 0 Å². The molecule has 4 fully saturated rings. The first-order valence-electron chi connectivity index (χ1n) is 7.10. The predicted octanol–water partition coefficient (Wildman–Crippen LogP) is 4.16. The van der Waals surface area contributed by atoms with E-state index in [0.29, 0.717) is 5.41 Å². The Morgan fingerprint density at radius 2 is 1.81 bits per heavy atom. The molecular weight excluding hydrogens is 196 g/mol. The molecule has 4 atom stereocenters. The van der Waals surface area contributed by atoms with Crippen LogP contribution < -0.4 is 0 Å². The first kappa shape index (κ1) is 11.1. The third-order valence-corrected chi connectivity index (χ3v) is 6.35. The highest BCUT2D eigenvalue weighted by Crippen LogP contribution is 2.65. The molecule has 4 rings (SSSR count). The van der Waals surface area contributed by atoms with Crippen molar-refractivity contribution in [3.8, 4) is 0 Å². The van der Waals surface area contributed by atoms with Gasteiger partial charge in [0.05, 0.1) is 11.2 Å². The zero-order valence-electron chi connectivity index (χ0n) is 11.3. The van der Waals surface area contributed by atoms with Crippen molar-refractivity contribution in [3.63, 3.8) is 0 Å². The van der Waals surface area contributed by atoms with Gasteiger partial charge in [-0.1, -0.05) is 20.3 Å². The molecule has 0 aromatic rings. The van der Waals surface area contributed by atoms with E-state index in [1.807, 2.05) is 0 Å². The van der Waals surface area contributed by atoms with Crippen LogP contribution in [-0.2, 0) is 4.74 Å². The predicted molar refractivity (Wildman–Crippen MR) is 66.4 cm³/mol. The molecule has 4 aliphatic rings. The molecule has 2 heterocycles. The highest BCUT2D eigenvalue weighted by atomic mass is 16.5. The van der Waals surface area contributed by atoms with Gasteiger partial charge < -0.3 is 4.74 Å². The Balaban J connectivity index is 2.02. The highest BCUT2D eigenvalue weighted by Gasteiger charge is 2.64. The van der Waals surface area contributed by atoms with Crippen LogP contribution in [0.15, 0.2) is 0 Å². The fraction of sp³-hybridized carbons (Fsp3) is 1.00. The summed E-state index contributed by atoms with van der Waals surface area (Å²) < 4.78 is 6.64. The van der Waals surface area contributed by atoms with Gasteiger partial charge in [0, 0.05) is 0 Å². The monoisotopic (exact) mass is 222 g/mol. The number of hydrogen-bond donors (Lipinski definition) is 0. The molecule has 0 N–H and O–H groups in total. The Morgan fingerprint density at radius 1 is 1.06 bits per heavy atom. The van der Waals surface area contributed by atoms with E-state index in [9.17, 15) is 0 Å². The summed E-state index contributed by atoms with van der Waals surface area (Å²) in [6.07, 6.45) is 8.22. The van der Waals surface area contributed by atoms with Crippen LogP contribution in [0.5, 0.6) is 0 Å². The molecule has 2 aliphatic heterocycles. The van der Waals surface area contributed by atoms with Gasteiger partial charge in [-0.05, 0) is 63.2 Å². The fourth-order valence-corrected chi connectivity index (χ4v) is 4.96. The van der Waals surface area contributed by atoms with Crippen LogP contribution in [0.1, 0.15) is 66.2 Å². The van der Waals surface area contributed by atoms with Crippen molar-refractivity contribution in [3.05, 3.63) is 0 Å². The first-order valence-corrected chi connectivity index (χ1v) is 7.10. The van der Waals surface area contributed by atoms with Gasteiger partial charge in [0.2, 0.25) is 0 Å². The summed E-state index contributed by atoms with van der Waals surface area (Å²) in [5, 5.41) is 0. The first-order chi connectivity index (χ1) is 7.40. The van der Waals surface area contributed by atoms with Gasteiger partial charge in [-0.15, -0.1) is 0 Å². The molecule has 0 radical (unpaired) electrons. The van der Waals surface area contributed by atoms with Crippen molar-refractivity contribution in [1.82, 2.24) is 0 Å². The molecule has 2 saturated carbocycles. The molecule has 1 spiro atoms. The van der Waals surface area contributed by atoms with Crippen LogP contribution in [0, 0.1) is 17.3 Å². The Hall–Kier alpha value is -0.0400. The van der Waals surface area contributed by atoms with Crippen molar-refractivity contribution >= 4 is 0 Å². The normalized spacial score (nSPS) is 54.8. The van der Waals surface area contributed by atoms with Gasteiger partial charge in [-0.2, -0.15) is 0 Å². The maximum atomic E-state index is 6.64. The van der Waals surface area contributed by atoms with Gasteiger partial charge in [0.25, 0.3) is 0 Å². The molecule has 1 nitrogen and oxygen atoms in total. The average molecular weight is 222 g/mol. The molecule has 2 saturated heterocycles. The summed E-state index contributed by atoms with van der Waals surface area (Å²) >= 11 is 0. The minimum absolute atomic E-state index is 0.134. The fourth-order valence-electron chi connectivity index (χ4n) is 4.96. The summed E-state index contributed by atoms with van der Waals surface area (Å²) in [5.74, 6) is 1.64. The Labute approximate surface area is 99.9 Å². The average Bonchev–Trinajstić information content (AvgIpc) is 2.18. The molecule has 0 aromatic heterocycles. The van der Waals surface area contributed by atoms with Crippen LogP contribution >= 0.6 is 0 Å². The lowest BCUT2D eigenvalue weighted by Gasteiger charge is -2.67. The molecule has 16 heavy (non-hydrogen) atoms. The van der Waals surface area contributed by atoms with Crippen molar-refractivity contribution in [1.29, 1.82) is 0 Å². The summed E-state index contributed by atoms with van der Waals surface area (Å²) in [4.78, 5) is 0. The molecule has 0 amide bonds. The number of hydrogen-bond acceptors (Lipinski definition) is 1. The van der Waals surface area contributed by atoms with E-state index < -0.39 is 0 Å². The van der Waals surface area contributed by atoms with Crippen LogP contribution in [0.2, 0.25) is 0 Å². The van der Waals surface area contributed by atoms with Crippen molar-refractivity contribution in [2.45, 2.75) is 77.4 Å². The molecule has 92 valence electrons. The van der Waals surface area contributed by atoms with Crippen molar-refractivity contribution < 1.29 is 4.74 Å². The van der Waals surface area contributed by atoms with Crippen LogP contribution in [-0.4, -0.2) is 11.2 Å². The van der Waals surface area contributed by atoms with Gasteiger partial charge in [-0.25, -0.2) is 0 Å². The third kappa shape index (κ3) is 1.16. The minimum atomic E-state index is 0.134. The number of ether oxygens (including phenoxy) is 1. The SMILES string of the molecule is CC1CCCC23CCC(CC12C)C(C)(C)O3. The second kappa shape index (κ2) is 3.04. The zero-order valence-corrected chi connectivity index (χ0v) is 11.3. The van der Waals surface area contributed by atoms with Crippen LogP contribution in [0.4, 0.5) is 0 Å². The maximum absolute atomic E-state index is 6.64. The molecule has 0 aromatic carbocycles. The largest absolute Gasteiger partial charge is 0.368 e. The summed E-state index contributed by atoms with van der Waals surface area (Å²) in [6.45, 7) is 9.60. The Kier molecular flexibility index (Phi) is 2.11. The summed E-state index contributed by atoms with van der Waals surface area (Å²) in [5.41, 5.74) is 0.821. The molecule has 2 aliphatic carbocycles. The van der Waals surface area contributed by atoms with Crippen molar-refractivity contribution in [2.75, 3.05) is 0 Å². The van der Waals surface area contributed by atoms with Gasteiger partial charge in [0.15, 0.2) is 0 Å². The maximum Gasteiger partial charge on any atom is 0.0746 e. The molecule has 4 unspecified atom stereocenters. The topological polar surface area (TPSA) is 9.23 Å². The second-order valence-electron chi connectivity index (χ2n) is 7.35. The minimum Gasteiger partial charge on any atom is -0.368 e. The van der Waals surface area contributed by atoms with Gasteiger partial charge in [0.1, 0.15) is 0 Å². The van der Waals surface area contributed by atoms with E-state index in [2.05, 4.69) is 27.7 Å². The van der Waals surface area contributed by atoms with E-state index in [0.717, 1.165) is 11.8 Å². The molecular formula is C15H26O. The van der Waals surface area contributed by atoms with E-state index in [1.54, 1.807) is 0 Å². The van der Waals surface area contributed by atoms with Crippen LogP contribution in [0.25, 0.3) is 0 Å². The quantitative estimate of drug-likeness (QED) is 0.598. The van der Waals surface area contributed by atoms with E-state index in [1.165, 1.54) is 38.5 Å². The van der Waals surface area contributed by atoms with Gasteiger partial charge >= 0.3 is 0 Å². The second-order valence-corrected chi connectivity index (χ2v) is 7.35. The van der Waals surface area contributed by atoms with Crippen molar-refractivity contribution in [2.24, 2.45) is 17.3 Å². The molecule has 2 bridgehead atoms. The third-order valence-electron chi connectivity index (χ3n) is 6.35. The number of fused-ring (bicyclic) bond motifs is 2. The lowest BCUT2D eigenvalue weighted by molar-refractivity contribution is -0.317. The van der Waals surface area contributed by atoms with Gasteiger partial charge in [-0.3, -0.25) is 0 Å². The Morgan fingerprint density at radius 3 is 2.50 bits per heavy atom. The zero-order chi connectivity index (χ0) is 11.6. The Bertz CT molecular complexity index is 305. The molecule has 1 heteroatoms. The highest BCUT2D eigenvalue weighted by molar-refractivity contribution is 5.13.